The molecule has 22 heavy (non-hydrogen) atoms. The number of rotatable bonds is 2. The molecule has 6 heteroatoms. The van der Waals surface area contributed by atoms with E-state index in [9.17, 15) is 14.4 Å². The Balaban J connectivity index is 1.65. The van der Waals surface area contributed by atoms with Crippen LogP contribution in [-0.2, 0) is 4.79 Å². The van der Waals surface area contributed by atoms with Gasteiger partial charge in [0.2, 0.25) is 11.5 Å². The molecule has 118 valence electrons. The summed E-state index contributed by atoms with van der Waals surface area (Å²) in [5.41, 5.74) is 0.348. The van der Waals surface area contributed by atoms with Gasteiger partial charge >= 0.3 is 0 Å². The van der Waals surface area contributed by atoms with Crippen LogP contribution < -0.4 is 5.56 Å². The van der Waals surface area contributed by atoms with Crippen LogP contribution >= 0.6 is 0 Å². The highest BCUT2D eigenvalue weighted by atomic mass is 16.2. The van der Waals surface area contributed by atoms with Crippen LogP contribution in [0.25, 0.3) is 0 Å². The summed E-state index contributed by atoms with van der Waals surface area (Å²) in [6.45, 7) is 4.93. The van der Waals surface area contributed by atoms with E-state index < -0.39 is 0 Å². The Hall–Kier alpha value is -2.11. The van der Waals surface area contributed by atoms with Gasteiger partial charge in [0.05, 0.1) is 5.56 Å². The van der Waals surface area contributed by atoms with Crippen molar-refractivity contribution in [2.75, 3.05) is 26.2 Å². The highest BCUT2D eigenvalue weighted by molar-refractivity contribution is 5.94. The highest BCUT2D eigenvalue weighted by Crippen LogP contribution is 2.41. The van der Waals surface area contributed by atoms with Crippen LogP contribution in [0, 0.1) is 5.41 Å². The van der Waals surface area contributed by atoms with E-state index in [1.165, 1.54) is 12.3 Å². The van der Waals surface area contributed by atoms with Crippen molar-refractivity contribution in [3.05, 3.63) is 34.2 Å². The van der Waals surface area contributed by atoms with Crippen molar-refractivity contribution in [1.29, 1.82) is 0 Å². The SMILES string of the molecule is CCN1CC2(CCN(C(=O)c3ccc(=O)[nH]c3)CC2)CC1=O. The summed E-state index contributed by atoms with van der Waals surface area (Å²) in [7, 11) is 0. The molecule has 0 unspecified atom stereocenters. The van der Waals surface area contributed by atoms with Crippen molar-refractivity contribution < 1.29 is 9.59 Å². The van der Waals surface area contributed by atoms with Crippen molar-refractivity contribution in [3.8, 4) is 0 Å². The van der Waals surface area contributed by atoms with E-state index in [1.807, 2.05) is 16.7 Å². The molecule has 2 saturated heterocycles. The second-order valence-corrected chi connectivity index (χ2v) is 6.32. The van der Waals surface area contributed by atoms with Gasteiger partial charge in [0, 0.05) is 50.3 Å². The molecule has 1 spiro atoms. The quantitative estimate of drug-likeness (QED) is 0.880. The number of hydrogen-bond acceptors (Lipinski definition) is 3. The topological polar surface area (TPSA) is 73.5 Å². The van der Waals surface area contributed by atoms with Crippen molar-refractivity contribution >= 4 is 11.8 Å². The first kappa shape index (κ1) is 14.8. The fourth-order valence-electron chi connectivity index (χ4n) is 3.51. The van der Waals surface area contributed by atoms with Gasteiger partial charge in [-0.1, -0.05) is 0 Å². The highest BCUT2D eigenvalue weighted by Gasteiger charge is 2.44. The van der Waals surface area contributed by atoms with Gasteiger partial charge in [0.25, 0.3) is 5.91 Å². The van der Waals surface area contributed by atoms with Gasteiger partial charge < -0.3 is 14.8 Å². The van der Waals surface area contributed by atoms with Gasteiger partial charge in [-0.2, -0.15) is 0 Å². The number of aromatic nitrogens is 1. The first-order valence-electron chi connectivity index (χ1n) is 7.79. The molecule has 1 N–H and O–H groups in total. The maximum Gasteiger partial charge on any atom is 0.255 e. The number of aromatic amines is 1. The molecule has 0 saturated carbocycles. The van der Waals surface area contributed by atoms with Crippen molar-refractivity contribution in [1.82, 2.24) is 14.8 Å². The summed E-state index contributed by atoms with van der Waals surface area (Å²) >= 11 is 0. The molecular weight excluding hydrogens is 282 g/mol. The molecular formula is C16H21N3O3. The summed E-state index contributed by atoms with van der Waals surface area (Å²) in [4.78, 5) is 41.7. The normalized spacial score (nSPS) is 20.7. The number of amides is 2. The second-order valence-electron chi connectivity index (χ2n) is 6.32. The third-order valence-corrected chi connectivity index (χ3v) is 4.93. The zero-order valence-electron chi connectivity index (χ0n) is 12.8. The molecule has 0 radical (unpaired) electrons. The Morgan fingerprint density at radius 1 is 1.27 bits per heavy atom. The van der Waals surface area contributed by atoms with Gasteiger partial charge in [-0.25, -0.2) is 0 Å². The number of nitrogens with one attached hydrogen (secondary N) is 1. The van der Waals surface area contributed by atoms with E-state index >= 15 is 0 Å². The number of likely N-dealkylation sites (tertiary alicyclic amines) is 2. The zero-order chi connectivity index (χ0) is 15.7. The lowest BCUT2D eigenvalue weighted by Crippen LogP contribution is -2.44. The molecule has 6 nitrogen and oxygen atoms in total. The number of nitrogens with zero attached hydrogens (tertiary/aromatic N) is 2. The largest absolute Gasteiger partial charge is 0.342 e. The number of piperidine rings is 1. The molecule has 2 fully saturated rings. The third kappa shape index (κ3) is 2.65. The fourth-order valence-corrected chi connectivity index (χ4v) is 3.51. The van der Waals surface area contributed by atoms with E-state index in [-0.39, 0.29) is 22.8 Å². The predicted octanol–water partition coefficient (Wildman–Crippen LogP) is 0.849. The lowest BCUT2D eigenvalue weighted by atomic mass is 9.77. The monoisotopic (exact) mass is 303 g/mol. The first-order chi connectivity index (χ1) is 10.5. The van der Waals surface area contributed by atoms with Crippen LogP contribution in [0.1, 0.15) is 36.5 Å². The van der Waals surface area contributed by atoms with Crippen LogP contribution in [0.2, 0.25) is 0 Å². The van der Waals surface area contributed by atoms with Crippen LogP contribution in [0.3, 0.4) is 0 Å². The molecule has 3 heterocycles. The number of H-pyrrole nitrogens is 1. The molecule has 0 aliphatic carbocycles. The Morgan fingerprint density at radius 2 is 2.00 bits per heavy atom. The van der Waals surface area contributed by atoms with E-state index in [0.29, 0.717) is 25.1 Å². The van der Waals surface area contributed by atoms with Crippen molar-refractivity contribution in [2.24, 2.45) is 5.41 Å². The van der Waals surface area contributed by atoms with Gasteiger partial charge in [0.1, 0.15) is 0 Å². The molecule has 1 aromatic rings. The van der Waals surface area contributed by atoms with Gasteiger partial charge in [-0.15, -0.1) is 0 Å². The fraction of sp³-hybridized carbons (Fsp3) is 0.562. The smallest absolute Gasteiger partial charge is 0.255 e. The van der Waals surface area contributed by atoms with E-state index in [2.05, 4.69) is 4.98 Å². The molecule has 2 aliphatic heterocycles. The van der Waals surface area contributed by atoms with E-state index in [4.69, 9.17) is 0 Å². The molecule has 0 aromatic carbocycles. The number of pyridine rings is 1. The van der Waals surface area contributed by atoms with E-state index in [0.717, 1.165) is 25.9 Å². The third-order valence-electron chi connectivity index (χ3n) is 4.93. The Morgan fingerprint density at radius 3 is 2.55 bits per heavy atom. The molecule has 0 bridgehead atoms. The van der Waals surface area contributed by atoms with Crippen LogP contribution in [-0.4, -0.2) is 52.8 Å². The zero-order valence-corrected chi connectivity index (χ0v) is 12.8. The minimum Gasteiger partial charge on any atom is -0.342 e. The maximum absolute atomic E-state index is 12.4. The lowest BCUT2D eigenvalue weighted by molar-refractivity contribution is -0.127. The number of carbonyl (C=O) groups is 2. The maximum atomic E-state index is 12.4. The summed E-state index contributed by atoms with van der Waals surface area (Å²) < 4.78 is 0. The molecule has 2 amide bonds. The summed E-state index contributed by atoms with van der Waals surface area (Å²) in [5, 5.41) is 0. The minimum atomic E-state index is -0.210. The summed E-state index contributed by atoms with van der Waals surface area (Å²) in [6, 6.07) is 2.93. The average molecular weight is 303 g/mol. The summed E-state index contributed by atoms with van der Waals surface area (Å²) in [5.74, 6) is 0.186. The van der Waals surface area contributed by atoms with Crippen LogP contribution in [0.4, 0.5) is 0 Å². The Labute approximate surface area is 129 Å². The molecule has 3 rings (SSSR count). The van der Waals surface area contributed by atoms with Crippen molar-refractivity contribution in [3.63, 3.8) is 0 Å². The Bertz CT molecular complexity index is 624. The minimum absolute atomic E-state index is 0.0505. The predicted molar refractivity (Wildman–Crippen MR) is 81.5 cm³/mol. The van der Waals surface area contributed by atoms with Crippen LogP contribution in [0.5, 0.6) is 0 Å². The average Bonchev–Trinajstić information content (AvgIpc) is 2.84. The van der Waals surface area contributed by atoms with E-state index in [1.54, 1.807) is 6.07 Å². The molecule has 0 atom stereocenters. The Kier molecular flexibility index (Phi) is 3.76. The van der Waals surface area contributed by atoms with Gasteiger partial charge in [0.15, 0.2) is 0 Å². The number of hydrogen-bond donors (Lipinski definition) is 1. The van der Waals surface area contributed by atoms with Crippen molar-refractivity contribution in [2.45, 2.75) is 26.2 Å². The second kappa shape index (κ2) is 5.59. The molecule has 2 aliphatic rings. The number of carbonyl (C=O) groups excluding carboxylic acids is 2. The van der Waals surface area contributed by atoms with Gasteiger partial charge in [-0.3, -0.25) is 14.4 Å². The summed E-state index contributed by atoms with van der Waals surface area (Å²) in [6.07, 6.45) is 3.81. The standard InChI is InChI=1S/C16H21N3O3/c1-2-18-11-16(9-14(18)21)5-7-19(8-6-16)15(22)12-3-4-13(20)17-10-12/h3-4,10H,2,5-9,11H2,1H3,(H,17,20). The lowest BCUT2D eigenvalue weighted by Gasteiger charge is -2.38. The first-order valence-corrected chi connectivity index (χ1v) is 7.79. The molecule has 1 aromatic heterocycles. The van der Waals surface area contributed by atoms with Crippen LogP contribution in [0.15, 0.2) is 23.1 Å². The van der Waals surface area contributed by atoms with Gasteiger partial charge in [-0.05, 0) is 25.8 Å².